The van der Waals surface area contributed by atoms with E-state index in [4.69, 9.17) is 5.73 Å². The van der Waals surface area contributed by atoms with Crippen LogP contribution >= 0.6 is 0 Å². The number of sulfonamides is 1. The molecule has 6 heteroatoms. The molecule has 1 aromatic carbocycles. The molecule has 4 nitrogen and oxygen atoms in total. The lowest BCUT2D eigenvalue weighted by Crippen LogP contribution is -2.26. The van der Waals surface area contributed by atoms with Gasteiger partial charge in [-0.15, -0.1) is 0 Å². The molecule has 0 atom stereocenters. The number of anilines is 1. The summed E-state index contributed by atoms with van der Waals surface area (Å²) >= 11 is 0. The molecule has 0 heterocycles. The first-order valence-corrected chi connectivity index (χ1v) is 8.52. The molecule has 0 aliphatic heterocycles. The van der Waals surface area contributed by atoms with Crippen LogP contribution in [0.4, 0.5) is 10.1 Å². The number of hydrogen-bond donors (Lipinski definition) is 2. The fourth-order valence-electron chi connectivity index (χ4n) is 2.70. The summed E-state index contributed by atoms with van der Waals surface area (Å²) in [5, 5.41) is 0. The van der Waals surface area contributed by atoms with E-state index in [9.17, 15) is 12.8 Å². The van der Waals surface area contributed by atoms with Gasteiger partial charge in [0.05, 0.1) is 0 Å². The Bertz CT molecular complexity index is 554. The number of halogens is 1. The van der Waals surface area contributed by atoms with Gasteiger partial charge >= 0.3 is 0 Å². The van der Waals surface area contributed by atoms with Crippen molar-refractivity contribution in [3.8, 4) is 0 Å². The van der Waals surface area contributed by atoms with Crippen LogP contribution in [0.25, 0.3) is 0 Å². The molecule has 1 aliphatic carbocycles. The van der Waals surface area contributed by atoms with Gasteiger partial charge in [0, 0.05) is 12.2 Å². The minimum atomic E-state index is -3.81. The molecule has 0 aromatic heterocycles. The van der Waals surface area contributed by atoms with Crippen molar-refractivity contribution in [3.05, 3.63) is 24.0 Å². The van der Waals surface area contributed by atoms with Crippen LogP contribution in [-0.4, -0.2) is 15.0 Å². The summed E-state index contributed by atoms with van der Waals surface area (Å²) in [4.78, 5) is -0.377. The summed E-state index contributed by atoms with van der Waals surface area (Å²) in [5.74, 6) is -0.0499. The third kappa shape index (κ3) is 3.93. The number of nitrogens with two attached hydrogens (primary N) is 1. The predicted molar refractivity (Wildman–Crippen MR) is 77.2 cm³/mol. The first-order chi connectivity index (χ1) is 9.49. The Morgan fingerprint density at radius 1 is 1.30 bits per heavy atom. The Morgan fingerprint density at radius 3 is 2.70 bits per heavy atom. The summed E-state index contributed by atoms with van der Waals surface area (Å²) in [5.41, 5.74) is 5.74. The third-order valence-electron chi connectivity index (χ3n) is 3.80. The number of rotatable bonds is 6. The smallest absolute Gasteiger partial charge is 0.243 e. The normalized spacial score (nSPS) is 16.6. The maximum absolute atomic E-state index is 13.5. The van der Waals surface area contributed by atoms with Gasteiger partial charge in [0.1, 0.15) is 10.7 Å². The van der Waals surface area contributed by atoms with Crippen molar-refractivity contribution in [1.82, 2.24) is 4.72 Å². The molecule has 112 valence electrons. The Hall–Kier alpha value is -1.14. The zero-order valence-corrected chi connectivity index (χ0v) is 12.3. The molecule has 1 fully saturated rings. The molecule has 1 saturated carbocycles. The predicted octanol–water partition coefficient (Wildman–Crippen LogP) is 2.66. The molecule has 0 spiro atoms. The molecule has 0 radical (unpaired) electrons. The molecule has 0 saturated heterocycles. The van der Waals surface area contributed by atoms with Crippen molar-refractivity contribution in [2.45, 2.75) is 43.4 Å². The van der Waals surface area contributed by atoms with Crippen molar-refractivity contribution < 1.29 is 12.8 Å². The van der Waals surface area contributed by atoms with E-state index in [2.05, 4.69) is 4.72 Å². The fraction of sp³-hybridized carbons (Fsp3) is 0.571. The van der Waals surface area contributed by atoms with Gasteiger partial charge < -0.3 is 5.73 Å². The summed E-state index contributed by atoms with van der Waals surface area (Å²) in [6.07, 6.45) is 6.87. The molecule has 1 aromatic rings. The van der Waals surface area contributed by atoms with E-state index in [0.29, 0.717) is 6.54 Å². The van der Waals surface area contributed by atoms with Gasteiger partial charge in [0.25, 0.3) is 0 Å². The van der Waals surface area contributed by atoms with Crippen LogP contribution in [-0.2, 0) is 10.0 Å². The van der Waals surface area contributed by atoms with Crippen LogP contribution in [0.3, 0.4) is 0 Å². The van der Waals surface area contributed by atoms with Crippen molar-refractivity contribution in [3.63, 3.8) is 0 Å². The van der Waals surface area contributed by atoms with E-state index in [1.165, 1.54) is 31.7 Å². The standard InChI is InChI=1S/C14H21FN2O2S/c15-13-8-7-12(16)10-14(13)20(18,19)17-9-3-6-11-4-1-2-5-11/h7-8,10-11,17H,1-6,9,16H2. The van der Waals surface area contributed by atoms with Crippen molar-refractivity contribution in [2.24, 2.45) is 5.92 Å². The van der Waals surface area contributed by atoms with Crippen LogP contribution in [0.1, 0.15) is 38.5 Å². The van der Waals surface area contributed by atoms with E-state index >= 15 is 0 Å². The number of nitrogen functional groups attached to an aromatic ring is 1. The molecule has 20 heavy (non-hydrogen) atoms. The Labute approximate surface area is 119 Å². The second-order valence-corrected chi connectivity index (χ2v) is 7.12. The zero-order chi connectivity index (χ0) is 14.6. The Morgan fingerprint density at radius 2 is 2.00 bits per heavy atom. The highest BCUT2D eigenvalue weighted by atomic mass is 32.2. The number of hydrogen-bond acceptors (Lipinski definition) is 3. The van der Waals surface area contributed by atoms with E-state index in [1.807, 2.05) is 0 Å². The van der Waals surface area contributed by atoms with Gasteiger partial charge in [0.2, 0.25) is 10.0 Å². The van der Waals surface area contributed by atoms with Crippen molar-refractivity contribution in [2.75, 3.05) is 12.3 Å². The molecular weight excluding hydrogens is 279 g/mol. The van der Waals surface area contributed by atoms with Gasteiger partial charge in [-0.2, -0.15) is 0 Å². The quantitative estimate of drug-likeness (QED) is 0.626. The third-order valence-corrected chi connectivity index (χ3v) is 5.28. The molecule has 1 aliphatic rings. The SMILES string of the molecule is Nc1ccc(F)c(S(=O)(=O)NCCCC2CCCC2)c1. The molecule has 0 bridgehead atoms. The maximum Gasteiger partial charge on any atom is 0.243 e. The van der Waals surface area contributed by atoms with Gasteiger partial charge in [-0.05, 0) is 37.0 Å². The average molecular weight is 300 g/mol. The van der Waals surface area contributed by atoms with Crippen molar-refractivity contribution in [1.29, 1.82) is 0 Å². The zero-order valence-electron chi connectivity index (χ0n) is 11.4. The van der Waals surface area contributed by atoms with Crippen LogP contribution in [0.5, 0.6) is 0 Å². The largest absolute Gasteiger partial charge is 0.399 e. The summed E-state index contributed by atoms with van der Waals surface area (Å²) in [6, 6.07) is 3.56. The molecule has 0 amide bonds. The van der Waals surface area contributed by atoms with Gasteiger partial charge in [-0.3, -0.25) is 0 Å². The highest BCUT2D eigenvalue weighted by Crippen LogP contribution is 2.28. The lowest BCUT2D eigenvalue weighted by atomic mass is 10.0. The second-order valence-electron chi connectivity index (χ2n) is 5.38. The lowest BCUT2D eigenvalue weighted by molar-refractivity contribution is 0.480. The second kappa shape index (κ2) is 6.54. The van der Waals surface area contributed by atoms with E-state index < -0.39 is 15.8 Å². The van der Waals surface area contributed by atoms with E-state index in [0.717, 1.165) is 30.9 Å². The van der Waals surface area contributed by atoms with Crippen LogP contribution in [0, 0.1) is 11.7 Å². The minimum absolute atomic E-state index is 0.234. The molecule has 0 unspecified atom stereocenters. The van der Waals surface area contributed by atoms with Crippen LogP contribution in [0.15, 0.2) is 23.1 Å². The molecule has 3 N–H and O–H groups in total. The fourth-order valence-corrected chi connectivity index (χ4v) is 3.88. The van der Waals surface area contributed by atoms with E-state index in [1.54, 1.807) is 0 Å². The first-order valence-electron chi connectivity index (χ1n) is 7.04. The first kappa shape index (κ1) is 15.3. The lowest BCUT2D eigenvalue weighted by Gasteiger charge is -2.10. The minimum Gasteiger partial charge on any atom is -0.399 e. The number of benzene rings is 1. The Kier molecular flexibility index (Phi) is 4.99. The topological polar surface area (TPSA) is 72.2 Å². The Balaban J connectivity index is 1.88. The van der Waals surface area contributed by atoms with Gasteiger partial charge in [-0.25, -0.2) is 17.5 Å². The van der Waals surface area contributed by atoms with Gasteiger partial charge in [-0.1, -0.05) is 25.7 Å². The summed E-state index contributed by atoms with van der Waals surface area (Å²) in [7, 11) is -3.81. The summed E-state index contributed by atoms with van der Waals surface area (Å²) < 4.78 is 40.0. The highest BCUT2D eigenvalue weighted by molar-refractivity contribution is 7.89. The maximum atomic E-state index is 13.5. The molecular formula is C14H21FN2O2S. The van der Waals surface area contributed by atoms with Crippen molar-refractivity contribution >= 4 is 15.7 Å². The van der Waals surface area contributed by atoms with Crippen LogP contribution < -0.4 is 10.5 Å². The molecule has 2 rings (SSSR count). The van der Waals surface area contributed by atoms with E-state index in [-0.39, 0.29) is 10.6 Å². The van der Waals surface area contributed by atoms with Gasteiger partial charge in [0.15, 0.2) is 0 Å². The average Bonchev–Trinajstić information content (AvgIpc) is 2.90. The number of nitrogens with one attached hydrogen (secondary N) is 1. The van der Waals surface area contributed by atoms with Crippen LogP contribution in [0.2, 0.25) is 0 Å². The highest BCUT2D eigenvalue weighted by Gasteiger charge is 2.19. The summed E-state index contributed by atoms with van der Waals surface area (Å²) in [6.45, 7) is 0.340. The monoisotopic (exact) mass is 300 g/mol.